The first-order chi connectivity index (χ1) is 10.9. The zero-order chi connectivity index (χ0) is 17.1. The van der Waals surface area contributed by atoms with Gasteiger partial charge >= 0.3 is 0 Å². The van der Waals surface area contributed by atoms with E-state index in [2.05, 4.69) is 30.3 Å². The Morgan fingerprint density at radius 2 is 2.22 bits per heavy atom. The van der Waals surface area contributed by atoms with Crippen molar-refractivity contribution in [2.24, 2.45) is 0 Å². The molecule has 0 unspecified atom stereocenters. The molecular weight excluding hydrogens is 319 g/mol. The molecule has 0 N–H and O–H groups in total. The van der Waals surface area contributed by atoms with Gasteiger partial charge in [0, 0.05) is 32.7 Å². The predicted molar refractivity (Wildman–Crippen MR) is 91.7 cm³/mol. The van der Waals surface area contributed by atoms with E-state index in [1.165, 1.54) is 11.0 Å². The smallest absolute Gasteiger partial charge is 0.233 e. The van der Waals surface area contributed by atoms with E-state index in [-0.39, 0.29) is 11.1 Å². The van der Waals surface area contributed by atoms with Crippen LogP contribution in [0.3, 0.4) is 0 Å². The van der Waals surface area contributed by atoms with Gasteiger partial charge < -0.3 is 9.80 Å². The third-order valence-corrected chi connectivity index (χ3v) is 4.42. The van der Waals surface area contributed by atoms with Crippen molar-refractivity contribution < 1.29 is 9.18 Å². The molecule has 0 aliphatic carbocycles. The molecule has 1 fully saturated rings. The SMILES string of the molecule is C=C[C@@H]1CN(C(C)C)CCN1c1nc(F)c(Cl)cc1N(C)C=O. The summed E-state index contributed by atoms with van der Waals surface area (Å²) in [5.41, 5.74) is 0.483. The Bertz CT molecular complexity index is 596. The molecule has 0 spiro atoms. The van der Waals surface area contributed by atoms with Gasteiger partial charge in [0.15, 0.2) is 5.82 Å². The number of rotatable bonds is 5. The molecule has 1 aromatic heterocycles. The zero-order valence-electron chi connectivity index (χ0n) is 13.7. The van der Waals surface area contributed by atoms with Crippen LogP contribution in [-0.2, 0) is 4.79 Å². The molecule has 0 aromatic carbocycles. The molecule has 126 valence electrons. The molecule has 1 aliphatic rings. The lowest BCUT2D eigenvalue weighted by Crippen LogP contribution is -2.54. The van der Waals surface area contributed by atoms with Crippen LogP contribution in [0, 0.1) is 5.95 Å². The Morgan fingerprint density at radius 3 is 2.78 bits per heavy atom. The van der Waals surface area contributed by atoms with Gasteiger partial charge in [-0.15, -0.1) is 6.58 Å². The molecule has 1 saturated heterocycles. The van der Waals surface area contributed by atoms with Gasteiger partial charge in [0.05, 0.1) is 16.8 Å². The number of hydrogen-bond donors (Lipinski definition) is 0. The van der Waals surface area contributed by atoms with E-state index in [9.17, 15) is 9.18 Å². The maximum Gasteiger partial charge on any atom is 0.233 e. The van der Waals surface area contributed by atoms with E-state index in [1.54, 1.807) is 7.05 Å². The number of aromatic nitrogens is 1. The monoisotopic (exact) mass is 340 g/mol. The fraction of sp³-hybridized carbons (Fsp3) is 0.500. The summed E-state index contributed by atoms with van der Waals surface area (Å²) in [6, 6.07) is 1.84. The number of nitrogens with zero attached hydrogens (tertiary/aromatic N) is 4. The Labute approximate surface area is 141 Å². The lowest BCUT2D eigenvalue weighted by molar-refractivity contribution is -0.107. The highest BCUT2D eigenvalue weighted by molar-refractivity contribution is 6.31. The summed E-state index contributed by atoms with van der Waals surface area (Å²) in [5.74, 6) is -0.325. The lowest BCUT2D eigenvalue weighted by Gasteiger charge is -2.43. The van der Waals surface area contributed by atoms with Crippen LogP contribution >= 0.6 is 11.6 Å². The first kappa shape index (κ1) is 17.7. The lowest BCUT2D eigenvalue weighted by atomic mass is 10.1. The van der Waals surface area contributed by atoms with Gasteiger partial charge in [-0.3, -0.25) is 9.69 Å². The van der Waals surface area contributed by atoms with Crippen molar-refractivity contribution in [3.63, 3.8) is 0 Å². The molecule has 1 amide bonds. The average Bonchev–Trinajstić information content (AvgIpc) is 2.55. The number of piperazine rings is 1. The topological polar surface area (TPSA) is 39.7 Å². The number of amides is 1. The van der Waals surface area contributed by atoms with E-state index < -0.39 is 5.95 Å². The van der Waals surface area contributed by atoms with Crippen molar-refractivity contribution in [1.82, 2.24) is 9.88 Å². The highest BCUT2D eigenvalue weighted by Crippen LogP contribution is 2.33. The molecule has 1 aliphatic heterocycles. The van der Waals surface area contributed by atoms with Gasteiger partial charge in [-0.1, -0.05) is 17.7 Å². The van der Waals surface area contributed by atoms with Crippen LogP contribution in [0.4, 0.5) is 15.9 Å². The largest absolute Gasteiger partial charge is 0.346 e. The van der Waals surface area contributed by atoms with E-state index >= 15 is 0 Å². The molecule has 5 nitrogen and oxygen atoms in total. The number of halogens is 2. The molecule has 0 radical (unpaired) electrons. The maximum atomic E-state index is 13.9. The second kappa shape index (κ2) is 7.27. The molecule has 2 heterocycles. The summed E-state index contributed by atoms with van der Waals surface area (Å²) in [6.45, 7) is 10.4. The first-order valence-electron chi connectivity index (χ1n) is 7.56. The van der Waals surface area contributed by atoms with E-state index in [0.29, 0.717) is 30.5 Å². The Morgan fingerprint density at radius 1 is 1.52 bits per heavy atom. The minimum absolute atomic E-state index is 0.0157. The van der Waals surface area contributed by atoms with Gasteiger partial charge in [0.25, 0.3) is 0 Å². The van der Waals surface area contributed by atoms with Crippen LogP contribution in [0.15, 0.2) is 18.7 Å². The number of hydrogen-bond acceptors (Lipinski definition) is 4. The normalized spacial score (nSPS) is 19.0. The van der Waals surface area contributed by atoms with Gasteiger partial charge in [0.2, 0.25) is 12.4 Å². The highest BCUT2D eigenvalue weighted by Gasteiger charge is 2.30. The van der Waals surface area contributed by atoms with E-state index in [1.807, 2.05) is 11.0 Å². The standard InChI is InChI=1S/C16H22ClFN4O/c1-5-12-9-21(11(2)3)6-7-22(12)16-14(20(4)10-23)8-13(17)15(18)19-16/h5,8,10-12H,1,6-7,9H2,2-4H3/t12-/m1/s1. The number of anilines is 2. The van der Waals surface area contributed by atoms with Gasteiger partial charge in [-0.25, -0.2) is 0 Å². The van der Waals surface area contributed by atoms with Crippen molar-refractivity contribution in [3.8, 4) is 0 Å². The van der Waals surface area contributed by atoms with Gasteiger partial charge in [0.1, 0.15) is 0 Å². The number of carbonyl (C=O) groups is 1. The molecule has 1 aromatic rings. The van der Waals surface area contributed by atoms with Crippen molar-refractivity contribution in [2.75, 3.05) is 36.5 Å². The number of carbonyl (C=O) groups excluding carboxylic acids is 1. The minimum atomic E-state index is -0.737. The summed E-state index contributed by atoms with van der Waals surface area (Å²) in [4.78, 5) is 20.8. The van der Waals surface area contributed by atoms with Crippen molar-refractivity contribution in [1.29, 1.82) is 0 Å². The van der Waals surface area contributed by atoms with Crippen molar-refractivity contribution in [2.45, 2.75) is 25.9 Å². The molecule has 23 heavy (non-hydrogen) atoms. The third kappa shape index (κ3) is 3.64. The Kier molecular flexibility index (Phi) is 5.59. The highest BCUT2D eigenvalue weighted by atomic mass is 35.5. The van der Waals surface area contributed by atoms with Crippen LogP contribution in [-0.4, -0.2) is 55.1 Å². The van der Waals surface area contributed by atoms with Crippen molar-refractivity contribution >= 4 is 29.5 Å². The predicted octanol–water partition coefficient (Wildman–Crippen LogP) is 2.55. The van der Waals surface area contributed by atoms with Gasteiger partial charge in [-0.2, -0.15) is 9.37 Å². The van der Waals surface area contributed by atoms with Crippen LogP contribution in [0.2, 0.25) is 5.02 Å². The van der Waals surface area contributed by atoms with E-state index in [4.69, 9.17) is 11.6 Å². The molecule has 0 saturated carbocycles. The minimum Gasteiger partial charge on any atom is -0.346 e. The molecule has 7 heteroatoms. The van der Waals surface area contributed by atoms with Crippen LogP contribution in [0.5, 0.6) is 0 Å². The Balaban J connectivity index is 2.42. The van der Waals surface area contributed by atoms with Crippen LogP contribution in [0.25, 0.3) is 0 Å². The van der Waals surface area contributed by atoms with Crippen LogP contribution < -0.4 is 9.80 Å². The Hall–Kier alpha value is -1.66. The fourth-order valence-electron chi connectivity index (χ4n) is 2.74. The molecular formula is C16H22ClFN4O. The molecule has 1 atom stereocenters. The van der Waals surface area contributed by atoms with E-state index in [0.717, 1.165) is 13.1 Å². The number of pyridine rings is 1. The fourth-order valence-corrected chi connectivity index (χ4v) is 2.89. The summed E-state index contributed by atoms with van der Waals surface area (Å²) >= 11 is 5.83. The quantitative estimate of drug-likeness (QED) is 0.469. The zero-order valence-corrected chi connectivity index (χ0v) is 14.4. The summed E-state index contributed by atoms with van der Waals surface area (Å²) < 4.78 is 13.9. The first-order valence-corrected chi connectivity index (χ1v) is 7.94. The average molecular weight is 341 g/mol. The third-order valence-electron chi connectivity index (χ3n) is 4.16. The second-order valence-electron chi connectivity index (χ2n) is 5.91. The van der Waals surface area contributed by atoms with Crippen molar-refractivity contribution in [3.05, 3.63) is 29.7 Å². The maximum absolute atomic E-state index is 13.9. The molecule has 0 bridgehead atoms. The summed E-state index contributed by atoms with van der Waals surface area (Å²) in [6.07, 6.45) is 2.48. The van der Waals surface area contributed by atoms with Crippen LogP contribution in [0.1, 0.15) is 13.8 Å². The second-order valence-corrected chi connectivity index (χ2v) is 6.31. The summed E-state index contributed by atoms with van der Waals surface area (Å²) in [7, 11) is 1.59. The summed E-state index contributed by atoms with van der Waals surface area (Å²) in [5, 5.41) is -0.103. The molecule has 2 rings (SSSR count). The van der Waals surface area contributed by atoms with Gasteiger partial charge in [-0.05, 0) is 19.9 Å².